The molecule has 0 aliphatic carbocycles. The van der Waals surface area contributed by atoms with Crippen LogP contribution < -0.4 is 5.73 Å². The lowest BCUT2D eigenvalue weighted by Gasteiger charge is -2.03. The number of fused-ring (bicyclic) bond motifs is 1. The van der Waals surface area contributed by atoms with E-state index >= 15 is 0 Å². The van der Waals surface area contributed by atoms with Gasteiger partial charge < -0.3 is 10.1 Å². The maximum absolute atomic E-state index is 5.74. The van der Waals surface area contributed by atoms with E-state index in [1.807, 2.05) is 12.1 Å². The number of hydrogen-bond donors (Lipinski definition) is 1. The number of rotatable bonds is 3. The fraction of sp³-hybridized carbons (Fsp3) is 0.462. The average Bonchev–Trinajstić information content (AvgIpc) is 2.97. The second-order valence-electron chi connectivity index (χ2n) is 4.62. The van der Waals surface area contributed by atoms with Crippen molar-refractivity contribution in [2.75, 3.05) is 11.5 Å². The van der Waals surface area contributed by atoms with Gasteiger partial charge in [0, 0.05) is 18.4 Å². The molecular formula is C13H17N3S. The Morgan fingerprint density at radius 2 is 2.41 bits per heavy atom. The summed E-state index contributed by atoms with van der Waals surface area (Å²) >= 11 is 2.06. The fourth-order valence-corrected chi connectivity index (χ4v) is 3.71. The Bertz CT molecular complexity index is 514. The quantitative estimate of drug-likeness (QED) is 0.903. The van der Waals surface area contributed by atoms with E-state index in [0.717, 1.165) is 23.7 Å². The summed E-state index contributed by atoms with van der Waals surface area (Å²) in [6, 6.07) is 6.13. The van der Waals surface area contributed by atoms with E-state index in [4.69, 9.17) is 5.73 Å². The maximum Gasteiger partial charge on any atom is 0.137 e. The van der Waals surface area contributed by atoms with Gasteiger partial charge in [-0.1, -0.05) is 6.07 Å². The molecule has 1 fully saturated rings. The molecule has 2 N–H and O–H groups in total. The molecule has 0 spiro atoms. The lowest BCUT2D eigenvalue weighted by atomic mass is 10.0. The second kappa shape index (κ2) is 4.70. The van der Waals surface area contributed by atoms with Crippen molar-refractivity contribution in [1.82, 2.24) is 9.38 Å². The zero-order valence-corrected chi connectivity index (χ0v) is 10.6. The summed E-state index contributed by atoms with van der Waals surface area (Å²) in [6.45, 7) is 0.562. The minimum Gasteiger partial charge on any atom is -0.325 e. The molecule has 3 heterocycles. The van der Waals surface area contributed by atoms with Crippen LogP contribution in [-0.2, 0) is 13.0 Å². The van der Waals surface area contributed by atoms with Crippen LogP contribution in [0.5, 0.6) is 0 Å². The standard InChI is InChI=1S/C13H17N3S/c14-7-12-2-1-3-13-15-11(8-16(12)13)6-10-4-5-17-9-10/h1-3,8,10H,4-7,9,14H2. The minimum atomic E-state index is 0.562. The number of aromatic nitrogens is 2. The predicted molar refractivity (Wildman–Crippen MR) is 72.2 cm³/mol. The molecule has 1 atom stereocenters. The zero-order valence-electron chi connectivity index (χ0n) is 9.80. The van der Waals surface area contributed by atoms with Crippen LogP contribution >= 0.6 is 11.8 Å². The smallest absolute Gasteiger partial charge is 0.137 e. The molecule has 17 heavy (non-hydrogen) atoms. The highest BCUT2D eigenvalue weighted by Gasteiger charge is 2.17. The number of thioether (sulfide) groups is 1. The Labute approximate surface area is 105 Å². The molecule has 2 aromatic rings. The number of hydrogen-bond acceptors (Lipinski definition) is 3. The second-order valence-corrected chi connectivity index (χ2v) is 5.77. The first-order valence-electron chi connectivity index (χ1n) is 6.10. The number of imidazole rings is 1. The summed E-state index contributed by atoms with van der Waals surface area (Å²) in [4.78, 5) is 4.68. The van der Waals surface area contributed by atoms with Gasteiger partial charge in [0.1, 0.15) is 5.65 Å². The number of nitrogens with zero attached hydrogens (tertiary/aromatic N) is 2. The SMILES string of the molecule is NCc1cccc2nc(CC3CCSC3)cn12. The zero-order chi connectivity index (χ0) is 11.7. The molecule has 0 radical (unpaired) electrons. The van der Waals surface area contributed by atoms with Crippen molar-refractivity contribution >= 4 is 17.4 Å². The molecule has 1 unspecified atom stereocenters. The van der Waals surface area contributed by atoms with E-state index in [9.17, 15) is 0 Å². The number of pyridine rings is 1. The van der Waals surface area contributed by atoms with Gasteiger partial charge in [-0.25, -0.2) is 4.98 Å². The molecule has 2 aromatic heterocycles. The first kappa shape index (κ1) is 11.1. The van der Waals surface area contributed by atoms with E-state index in [2.05, 4.69) is 33.4 Å². The molecule has 3 nitrogen and oxygen atoms in total. The van der Waals surface area contributed by atoms with Crippen molar-refractivity contribution in [2.45, 2.75) is 19.4 Å². The van der Waals surface area contributed by atoms with E-state index in [-0.39, 0.29) is 0 Å². The van der Waals surface area contributed by atoms with Gasteiger partial charge >= 0.3 is 0 Å². The average molecular weight is 247 g/mol. The van der Waals surface area contributed by atoms with Gasteiger partial charge in [0.15, 0.2) is 0 Å². The summed E-state index contributed by atoms with van der Waals surface area (Å²) in [6.07, 6.45) is 4.60. The van der Waals surface area contributed by atoms with Crippen molar-refractivity contribution < 1.29 is 0 Å². The molecule has 1 aliphatic rings. The van der Waals surface area contributed by atoms with Crippen molar-refractivity contribution in [1.29, 1.82) is 0 Å². The van der Waals surface area contributed by atoms with Crippen LogP contribution in [0.25, 0.3) is 5.65 Å². The normalized spacial score (nSPS) is 20.2. The van der Waals surface area contributed by atoms with Crippen LogP contribution in [0.2, 0.25) is 0 Å². The Kier molecular flexibility index (Phi) is 3.07. The lowest BCUT2D eigenvalue weighted by molar-refractivity contribution is 0.588. The molecule has 0 aromatic carbocycles. The van der Waals surface area contributed by atoms with E-state index in [1.54, 1.807) is 0 Å². The van der Waals surface area contributed by atoms with Crippen LogP contribution in [0.3, 0.4) is 0 Å². The molecular weight excluding hydrogens is 230 g/mol. The van der Waals surface area contributed by atoms with Gasteiger partial charge in [-0.2, -0.15) is 11.8 Å². The lowest BCUT2D eigenvalue weighted by Crippen LogP contribution is -2.03. The third kappa shape index (κ3) is 2.19. The van der Waals surface area contributed by atoms with Crippen molar-refractivity contribution in [3.8, 4) is 0 Å². The molecule has 0 saturated carbocycles. The summed E-state index contributed by atoms with van der Waals surface area (Å²) in [7, 11) is 0. The maximum atomic E-state index is 5.74. The van der Waals surface area contributed by atoms with E-state index < -0.39 is 0 Å². The van der Waals surface area contributed by atoms with Crippen molar-refractivity contribution in [2.24, 2.45) is 11.7 Å². The van der Waals surface area contributed by atoms with Crippen LogP contribution in [0.15, 0.2) is 24.4 Å². The van der Waals surface area contributed by atoms with E-state index in [1.165, 1.54) is 23.6 Å². The third-order valence-corrected chi connectivity index (χ3v) is 4.59. The van der Waals surface area contributed by atoms with Crippen LogP contribution in [0.1, 0.15) is 17.8 Å². The summed E-state index contributed by atoms with van der Waals surface area (Å²) < 4.78 is 2.12. The number of nitrogens with two attached hydrogens (primary N) is 1. The first-order valence-corrected chi connectivity index (χ1v) is 7.26. The summed E-state index contributed by atoms with van der Waals surface area (Å²) in [5, 5.41) is 0. The van der Waals surface area contributed by atoms with Gasteiger partial charge in [-0.05, 0) is 42.4 Å². The molecule has 3 rings (SSSR count). The molecule has 4 heteroatoms. The van der Waals surface area contributed by atoms with Gasteiger partial charge in [0.2, 0.25) is 0 Å². The van der Waals surface area contributed by atoms with Gasteiger partial charge in [0.25, 0.3) is 0 Å². The molecule has 90 valence electrons. The predicted octanol–water partition coefficient (Wildman–Crippen LogP) is 2.09. The van der Waals surface area contributed by atoms with Gasteiger partial charge in [-0.15, -0.1) is 0 Å². The molecule has 0 bridgehead atoms. The van der Waals surface area contributed by atoms with Gasteiger partial charge in [0.05, 0.1) is 5.69 Å². The van der Waals surface area contributed by atoms with Crippen LogP contribution in [0, 0.1) is 5.92 Å². The highest BCUT2D eigenvalue weighted by molar-refractivity contribution is 7.99. The summed E-state index contributed by atoms with van der Waals surface area (Å²) in [5.41, 5.74) is 9.09. The largest absolute Gasteiger partial charge is 0.325 e. The van der Waals surface area contributed by atoms with Gasteiger partial charge in [-0.3, -0.25) is 0 Å². The highest BCUT2D eigenvalue weighted by Crippen LogP contribution is 2.26. The molecule has 1 saturated heterocycles. The topological polar surface area (TPSA) is 43.3 Å². The fourth-order valence-electron chi connectivity index (χ4n) is 2.42. The first-order chi connectivity index (χ1) is 8.36. The Balaban J connectivity index is 1.90. The van der Waals surface area contributed by atoms with Crippen LogP contribution in [-0.4, -0.2) is 20.9 Å². The molecule has 1 aliphatic heterocycles. The minimum absolute atomic E-state index is 0.562. The third-order valence-electron chi connectivity index (χ3n) is 3.36. The van der Waals surface area contributed by atoms with E-state index in [0.29, 0.717) is 6.54 Å². The Morgan fingerprint density at radius 3 is 3.18 bits per heavy atom. The molecule has 0 amide bonds. The van der Waals surface area contributed by atoms with Crippen molar-refractivity contribution in [3.63, 3.8) is 0 Å². The Hall–Kier alpha value is -1.00. The van der Waals surface area contributed by atoms with Crippen molar-refractivity contribution in [3.05, 3.63) is 35.8 Å². The summed E-state index contributed by atoms with van der Waals surface area (Å²) in [5.74, 6) is 3.41. The van der Waals surface area contributed by atoms with Crippen LogP contribution in [0.4, 0.5) is 0 Å². The monoisotopic (exact) mass is 247 g/mol. The highest BCUT2D eigenvalue weighted by atomic mass is 32.2. The Morgan fingerprint density at radius 1 is 1.47 bits per heavy atom.